The van der Waals surface area contributed by atoms with E-state index in [0.29, 0.717) is 17.8 Å². The molecule has 0 radical (unpaired) electrons. The van der Waals surface area contributed by atoms with Crippen LogP contribution in [0.5, 0.6) is 0 Å². The molecule has 0 heterocycles. The fourth-order valence-corrected chi connectivity index (χ4v) is 0.878. The zero-order valence-corrected chi connectivity index (χ0v) is 6.65. The molecule has 5 heteroatoms. The summed E-state index contributed by atoms with van der Waals surface area (Å²) in [6.45, 7) is 0. The molecule has 0 aliphatic heterocycles. The molecule has 4 N–H and O–H groups in total. The lowest BCUT2D eigenvalue weighted by Crippen LogP contribution is -2.02. The van der Waals surface area contributed by atoms with Crippen LogP contribution in [0.15, 0.2) is 18.2 Å². The van der Waals surface area contributed by atoms with Crippen LogP contribution in [-0.4, -0.2) is 17.5 Å². The van der Waals surface area contributed by atoms with Crippen molar-refractivity contribution in [3.05, 3.63) is 23.8 Å². The number of carbonyl (C=O) groups excluding carboxylic acids is 1. The molecule has 0 aliphatic rings. The number of amides is 1. The van der Waals surface area contributed by atoms with Crippen LogP contribution in [-0.2, 0) is 4.79 Å². The molecule has 1 aromatic rings. The summed E-state index contributed by atoms with van der Waals surface area (Å²) < 4.78 is 0. The molecule has 0 saturated heterocycles. The Kier molecular flexibility index (Phi) is 2.49. The molecule has 1 rings (SSSR count). The lowest BCUT2D eigenvalue weighted by atomic mass is 10.2. The minimum Gasteiger partial charge on any atom is -0.478 e. The zero-order valence-electron chi connectivity index (χ0n) is 6.65. The number of nitrogens with one attached hydrogen (secondary N) is 1. The largest absolute Gasteiger partial charge is 0.478 e. The van der Waals surface area contributed by atoms with Crippen molar-refractivity contribution in [3.63, 3.8) is 0 Å². The van der Waals surface area contributed by atoms with E-state index in [1.54, 1.807) is 0 Å². The van der Waals surface area contributed by atoms with Gasteiger partial charge >= 0.3 is 5.97 Å². The van der Waals surface area contributed by atoms with E-state index < -0.39 is 5.97 Å². The first-order valence-electron chi connectivity index (χ1n) is 3.48. The minimum absolute atomic E-state index is 0.0820. The van der Waals surface area contributed by atoms with Gasteiger partial charge in [0.05, 0.1) is 16.9 Å². The van der Waals surface area contributed by atoms with Crippen molar-refractivity contribution in [1.82, 2.24) is 0 Å². The first kappa shape index (κ1) is 9.05. The SMILES string of the molecule is Nc1ccc(C(=O)O)cc1NC=O. The number of benzene rings is 1. The lowest BCUT2D eigenvalue weighted by molar-refractivity contribution is -0.105. The molecule has 0 spiro atoms. The fraction of sp³-hybridized carbons (Fsp3) is 0. The second kappa shape index (κ2) is 3.57. The van der Waals surface area contributed by atoms with Gasteiger partial charge in [0.2, 0.25) is 6.41 Å². The number of anilines is 2. The summed E-state index contributed by atoms with van der Waals surface area (Å²) in [5.74, 6) is -1.06. The third kappa shape index (κ3) is 1.96. The van der Waals surface area contributed by atoms with E-state index in [1.807, 2.05) is 0 Å². The molecular formula is C8H8N2O3. The Morgan fingerprint density at radius 1 is 1.54 bits per heavy atom. The predicted octanol–water partition coefficient (Wildman–Crippen LogP) is 0.535. The molecule has 0 saturated carbocycles. The predicted molar refractivity (Wildman–Crippen MR) is 47.5 cm³/mol. The van der Waals surface area contributed by atoms with Gasteiger partial charge in [-0.1, -0.05) is 0 Å². The Morgan fingerprint density at radius 2 is 2.23 bits per heavy atom. The summed E-state index contributed by atoms with van der Waals surface area (Å²) >= 11 is 0. The fourth-order valence-electron chi connectivity index (χ4n) is 0.878. The number of hydrogen-bond acceptors (Lipinski definition) is 3. The van der Waals surface area contributed by atoms with Crippen molar-refractivity contribution in [1.29, 1.82) is 0 Å². The van der Waals surface area contributed by atoms with Crippen molar-refractivity contribution >= 4 is 23.8 Å². The topological polar surface area (TPSA) is 92.4 Å². The van der Waals surface area contributed by atoms with Crippen molar-refractivity contribution in [2.45, 2.75) is 0 Å². The molecular weight excluding hydrogens is 172 g/mol. The van der Waals surface area contributed by atoms with Crippen LogP contribution in [0.3, 0.4) is 0 Å². The van der Waals surface area contributed by atoms with Gasteiger partial charge in [-0.15, -0.1) is 0 Å². The highest BCUT2D eigenvalue weighted by molar-refractivity contribution is 5.92. The molecule has 0 aromatic heterocycles. The molecule has 0 unspecified atom stereocenters. The summed E-state index contributed by atoms with van der Waals surface area (Å²) in [5.41, 5.74) is 6.17. The maximum atomic E-state index is 10.5. The summed E-state index contributed by atoms with van der Waals surface area (Å²) in [4.78, 5) is 20.6. The lowest BCUT2D eigenvalue weighted by Gasteiger charge is -2.03. The number of aromatic carboxylic acids is 1. The Bertz CT molecular complexity index is 349. The van der Waals surface area contributed by atoms with Gasteiger partial charge in [0.25, 0.3) is 0 Å². The molecule has 0 fully saturated rings. The second-order valence-corrected chi connectivity index (χ2v) is 2.37. The molecule has 1 aromatic carbocycles. The number of carboxylic acid groups (broad SMARTS) is 1. The Morgan fingerprint density at radius 3 is 2.77 bits per heavy atom. The van der Waals surface area contributed by atoms with E-state index in [9.17, 15) is 9.59 Å². The molecule has 0 aliphatic carbocycles. The number of nitrogens with two attached hydrogens (primary N) is 1. The quantitative estimate of drug-likeness (QED) is 0.467. The van der Waals surface area contributed by atoms with Crippen molar-refractivity contribution in [2.75, 3.05) is 11.1 Å². The van der Waals surface area contributed by atoms with E-state index >= 15 is 0 Å². The normalized spacial score (nSPS) is 9.23. The maximum absolute atomic E-state index is 10.5. The van der Waals surface area contributed by atoms with Gasteiger partial charge < -0.3 is 16.2 Å². The van der Waals surface area contributed by atoms with Gasteiger partial charge in [0.15, 0.2) is 0 Å². The third-order valence-corrected chi connectivity index (χ3v) is 1.51. The van der Waals surface area contributed by atoms with Gasteiger partial charge in [-0.05, 0) is 18.2 Å². The molecule has 68 valence electrons. The molecule has 0 bridgehead atoms. The standard InChI is InChI=1S/C8H8N2O3/c9-6-2-1-5(8(12)13)3-7(6)10-4-11/h1-4H,9H2,(H,10,11)(H,12,13). The van der Waals surface area contributed by atoms with Crippen LogP contribution in [0, 0.1) is 0 Å². The third-order valence-electron chi connectivity index (χ3n) is 1.51. The average molecular weight is 180 g/mol. The molecule has 0 atom stereocenters. The molecule has 5 nitrogen and oxygen atoms in total. The minimum atomic E-state index is -1.06. The highest BCUT2D eigenvalue weighted by Crippen LogP contribution is 2.18. The second-order valence-electron chi connectivity index (χ2n) is 2.37. The number of rotatable bonds is 3. The molecule has 1 amide bonds. The van der Waals surface area contributed by atoms with Gasteiger partial charge in [-0.25, -0.2) is 4.79 Å². The molecule has 13 heavy (non-hydrogen) atoms. The van der Waals surface area contributed by atoms with Crippen LogP contribution in [0.1, 0.15) is 10.4 Å². The van der Waals surface area contributed by atoms with E-state index in [4.69, 9.17) is 10.8 Å². The van der Waals surface area contributed by atoms with Crippen LogP contribution in [0.4, 0.5) is 11.4 Å². The van der Waals surface area contributed by atoms with Gasteiger partial charge in [0.1, 0.15) is 0 Å². The average Bonchev–Trinajstić information content (AvgIpc) is 2.08. The van der Waals surface area contributed by atoms with Gasteiger partial charge in [0, 0.05) is 0 Å². The van der Waals surface area contributed by atoms with Crippen molar-refractivity contribution < 1.29 is 14.7 Å². The van der Waals surface area contributed by atoms with E-state index in [0.717, 1.165) is 0 Å². The van der Waals surface area contributed by atoms with Crippen molar-refractivity contribution in [3.8, 4) is 0 Å². The number of nitrogen functional groups attached to an aromatic ring is 1. The Balaban J connectivity index is 3.10. The van der Waals surface area contributed by atoms with Crippen molar-refractivity contribution in [2.24, 2.45) is 0 Å². The number of carboxylic acids is 1. The van der Waals surface area contributed by atoms with E-state index in [2.05, 4.69) is 5.32 Å². The first-order valence-corrected chi connectivity index (χ1v) is 3.48. The summed E-state index contributed by atoms with van der Waals surface area (Å²) in [6.07, 6.45) is 0.442. The van der Waals surface area contributed by atoms with Crippen LogP contribution in [0.25, 0.3) is 0 Å². The summed E-state index contributed by atoms with van der Waals surface area (Å²) in [5, 5.41) is 10.9. The number of hydrogen-bond donors (Lipinski definition) is 3. The highest BCUT2D eigenvalue weighted by atomic mass is 16.4. The summed E-state index contributed by atoms with van der Waals surface area (Å²) in [7, 11) is 0. The highest BCUT2D eigenvalue weighted by Gasteiger charge is 2.05. The monoisotopic (exact) mass is 180 g/mol. The zero-order chi connectivity index (χ0) is 9.84. The van der Waals surface area contributed by atoms with Crippen LogP contribution in [0.2, 0.25) is 0 Å². The van der Waals surface area contributed by atoms with E-state index in [1.165, 1.54) is 18.2 Å². The first-order chi connectivity index (χ1) is 6.15. The number of carbonyl (C=O) groups is 2. The smallest absolute Gasteiger partial charge is 0.335 e. The van der Waals surface area contributed by atoms with Crippen LogP contribution < -0.4 is 11.1 Å². The maximum Gasteiger partial charge on any atom is 0.335 e. The van der Waals surface area contributed by atoms with Gasteiger partial charge in [-0.2, -0.15) is 0 Å². The Hall–Kier alpha value is -2.04. The Labute approximate surface area is 74.2 Å². The van der Waals surface area contributed by atoms with E-state index in [-0.39, 0.29) is 5.56 Å². The summed E-state index contributed by atoms with van der Waals surface area (Å²) in [6, 6.07) is 4.09. The van der Waals surface area contributed by atoms with Gasteiger partial charge in [-0.3, -0.25) is 4.79 Å². The van der Waals surface area contributed by atoms with Crippen LogP contribution >= 0.6 is 0 Å².